The van der Waals surface area contributed by atoms with Gasteiger partial charge < -0.3 is 9.84 Å². The number of Topliss-reactive ketones (excluding diaryl/α,β-unsaturated/α-hetero) is 1. The van der Waals surface area contributed by atoms with Crippen LogP contribution in [0.15, 0.2) is 78.4 Å². The average molecular weight is 490 g/mol. The Labute approximate surface area is 210 Å². The number of amides is 1. The molecular formula is C29H28ClNO4. The third-order valence-corrected chi connectivity index (χ3v) is 6.30. The number of nitrogens with zero attached hydrogens (tertiary/aromatic N) is 1. The number of aliphatic hydroxyl groups excluding tert-OH is 1. The normalized spacial score (nSPS) is 17.1. The number of hydrogen-bond acceptors (Lipinski definition) is 4. The van der Waals surface area contributed by atoms with E-state index < -0.39 is 17.7 Å². The molecule has 0 radical (unpaired) electrons. The minimum atomic E-state index is -0.777. The number of unbranched alkanes of at least 4 members (excludes halogenated alkanes) is 2. The minimum absolute atomic E-state index is 0.0483. The fraction of sp³-hybridized carbons (Fsp3) is 0.241. The Morgan fingerprint density at radius 2 is 1.71 bits per heavy atom. The van der Waals surface area contributed by atoms with Crippen molar-refractivity contribution in [2.75, 3.05) is 11.5 Å². The molecule has 0 bridgehead atoms. The molecule has 0 aliphatic carbocycles. The van der Waals surface area contributed by atoms with Gasteiger partial charge in [0.05, 0.1) is 18.2 Å². The monoisotopic (exact) mass is 489 g/mol. The van der Waals surface area contributed by atoms with Crippen LogP contribution >= 0.6 is 11.6 Å². The van der Waals surface area contributed by atoms with Gasteiger partial charge in [-0.05, 0) is 67.4 Å². The molecule has 1 unspecified atom stereocenters. The molecule has 1 heterocycles. The first-order chi connectivity index (χ1) is 16.9. The van der Waals surface area contributed by atoms with Gasteiger partial charge in [-0.15, -0.1) is 0 Å². The summed E-state index contributed by atoms with van der Waals surface area (Å²) in [4.78, 5) is 27.9. The first-order valence-electron chi connectivity index (χ1n) is 11.8. The molecule has 6 heteroatoms. The maximum atomic E-state index is 13.2. The number of aryl methyl sites for hydroxylation is 1. The lowest BCUT2D eigenvalue weighted by atomic mass is 9.94. The van der Waals surface area contributed by atoms with Crippen LogP contribution < -0.4 is 9.64 Å². The molecular weight excluding hydrogens is 462 g/mol. The Balaban J connectivity index is 1.75. The summed E-state index contributed by atoms with van der Waals surface area (Å²) in [5.41, 5.74) is 2.73. The van der Waals surface area contributed by atoms with Gasteiger partial charge in [-0.2, -0.15) is 0 Å². The van der Waals surface area contributed by atoms with E-state index in [0.717, 1.165) is 30.4 Å². The lowest BCUT2D eigenvalue weighted by Crippen LogP contribution is -2.29. The Kier molecular flexibility index (Phi) is 7.57. The van der Waals surface area contributed by atoms with E-state index in [2.05, 4.69) is 6.92 Å². The standard InChI is InChI=1S/C29H28ClNO4/c1-3-4-5-17-35-24-15-9-20(10-16-24)27(32)25-26(21-8-6-7-19(2)18-21)31(29(34)28(25)33)23-13-11-22(30)12-14-23/h6-16,18,26,32H,3-5,17H2,1-2H3/b27-25-. The van der Waals surface area contributed by atoms with Crippen molar-refractivity contribution in [3.8, 4) is 5.75 Å². The van der Waals surface area contributed by atoms with Crippen molar-refractivity contribution in [2.24, 2.45) is 0 Å². The van der Waals surface area contributed by atoms with Gasteiger partial charge >= 0.3 is 0 Å². The van der Waals surface area contributed by atoms with Crippen LogP contribution in [0.1, 0.15) is 48.9 Å². The second-order valence-corrected chi connectivity index (χ2v) is 9.08. The second kappa shape index (κ2) is 10.8. The number of halogens is 1. The Morgan fingerprint density at radius 3 is 2.37 bits per heavy atom. The topological polar surface area (TPSA) is 66.8 Å². The highest BCUT2D eigenvalue weighted by Crippen LogP contribution is 2.42. The Hall–Kier alpha value is -3.57. The highest BCUT2D eigenvalue weighted by Gasteiger charge is 2.46. The fourth-order valence-corrected chi connectivity index (χ4v) is 4.39. The molecule has 0 spiro atoms. The summed E-state index contributed by atoms with van der Waals surface area (Å²) in [5, 5.41) is 11.8. The largest absolute Gasteiger partial charge is 0.507 e. The number of rotatable bonds is 8. The lowest BCUT2D eigenvalue weighted by molar-refractivity contribution is -0.132. The second-order valence-electron chi connectivity index (χ2n) is 8.64. The highest BCUT2D eigenvalue weighted by atomic mass is 35.5. The van der Waals surface area contributed by atoms with E-state index in [4.69, 9.17) is 16.3 Å². The molecule has 0 aromatic heterocycles. The Bertz CT molecular complexity index is 1250. The zero-order chi connectivity index (χ0) is 24.9. The van der Waals surface area contributed by atoms with Gasteiger partial charge in [0.2, 0.25) is 0 Å². The van der Waals surface area contributed by atoms with Gasteiger partial charge in [0, 0.05) is 16.3 Å². The minimum Gasteiger partial charge on any atom is -0.507 e. The van der Waals surface area contributed by atoms with Crippen molar-refractivity contribution in [3.05, 3.63) is 100 Å². The summed E-state index contributed by atoms with van der Waals surface area (Å²) in [7, 11) is 0. The number of benzene rings is 3. The molecule has 3 aromatic carbocycles. The predicted octanol–water partition coefficient (Wildman–Crippen LogP) is 6.84. The van der Waals surface area contributed by atoms with Crippen molar-refractivity contribution in [2.45, 2.75) is 39.2 Å². The van der Waals surface area contributed by atoms with Crippen LogP contribution in [-0.4, -0.2) is 23.4 Å². The number of ketones is 1. The third-order valence-electron chi connectivity index (χ3n) is 6.05. The third kappa shape index (κ3) is 5.25. The maximum Gasteiger partial charge on any atom is 0.300 e. The van der Waals surface area contributed by atoms with Crippen molar-refractivity contribution in [3.63, 3.8) is 0 Å². The number of ether oxygens (including phenoxy) is 1. The number of hydrogen-bond donors (Lipinski definition) is 1. The summed E-state index contributed by atoms with van der Waals surface area (Å²) >= 11 is 6.05. The van der Waals surface area contributed by atoms with E-state index in [-0.39, 0.29) is 11.3 Å². The molecule has 1 atom stereocenters. The van der Waals surface area contributed by atoms with Crippen LogP contribution in [0.5, 0.6) is 5.75 Å². The van der Waals surface area contributed by atoms with Crippen molar-refractivity contribution < 1.29 is 19.4 Å². The number of carbonyl (C=O) groups is 2. The smallest absolute Gasteiger partial charge is 0.300 e. The predicted molar refractivity (Wildman–Crippen MR) is 139 cm³/mol. The Morgan fingerprint density at radius 1 is 1.00 bits per heavy atom. The number of aliphatic hydroxyl groups is 1. The van der Waals surface area contributed by atoms with Crippen LogP contribution in [0, 0.1) is 6.92 Å². The fourth-order valence-electron chi connectivity index (χ4n) is 4.26. The van der Waals surface area contributed by atoms with Crippen LogP contribution in [-0.2, 0) is 9.59 Å². The van der Waals surface area contributed by atoms with Crippen LogP contribution in [0.2, 0.25) is 5.02 Å². The molecule has 0 saturated carbocycles. The average Bonchev–Trinajstić information content (AvgIpc) is 3.13. The maximum absolute atomic E-state index is 13.2. The molecule has 4 rings (SSSR count). The molecule has 180 valence electrons. The molecule has 1 fully saturated rings. The van der Waals surface area contributed by atoms with Crippen LogP contribution in [0.4, 0.5) is 5.69 Å². The lowest BCUT2D eigenvalue weighted by Gasteiger charge is -2.25. The van der Waals surface area contributed by atoms with Gasteiger partial charge in [0.25, 0.3) is 11.7 Å². The SMILES string of the molecule is CCCCCOc1ccc(/C(O)=C2/C(=O)C(=O)N(c3ccc(Cl)cc3)C2c2cccc(C)c2)cc1. The van der Waals surface area contributed by atoms with Gasteiger partial charge in [-0.1, -0.05) is 61.2 Å². The van der Waals surface area contributed by atoms with Crippen LogP contribution in [0.3, 0.4) is 0 Å². The van der Waals surface area contributed by atoms with E-state index in [1.807, 2.05) is 31.2 Å². The van der Waals surface area contributed by atoms with E-state index in [1.165, 1.54) is 4.90 Å². The zero-order valence-corrected chi connectivity index (χ0v) is 20.6. The summed E-state index contributed by atoms with van der Waals surface area (Å²) in [6.07, 6.45) is 3.19. The van der Waals surface area contributed by atoms with Gasteiger partial charge in [-0.25, -0.2) is 0 Å². The quantitative estimate of drug-likeness (QED) is 0.163. The molecule has 35 heavy (non-hydrogen) atoms. The molecule has 3 aromatic rings. The zero-order valence-electron chi connectivity index (χ0n) is 19.8. The first-order valence-corrected chi connectivity index (χ1v) is 12.1. The van der Waals surface area contributed by atoms with E-state index in [1.54, 1.807) is 48.5 Å². The van der Waals surface area contributed by atoms with Gasteiger partial charge in [0.15, 0.2) is 0 Å². The van der Waals surface area contributed by atoms with Crippen LogP contribution in [0.25, 0.3) is 5.76 Å². The summed E-state index contributed by atoms with van der Waals surface area (Å²) in [6.45, 7) is 4.70. The van der Waals surface area contributed by atoms with E-state index in [0.29, 0.717) is 28.6 Å². The highest BCUT2D eigenvalue weighted by molar-refractivity contribution is 6.51. The molecule has 1 amide bonds. The number of anilines is 1. The first kappa shape index (κ1) is 24.6. The summed E-state index contributed by atoms with van der Waals surface area (Å²) in [6, 6.07) is 20.5. The van der Waals surface area contributed by atoms with E-state index in [9.17, 15) is 14.7 Å². The molecule has 1 aliphatic heterocycles. The number of carbonyl (C=O) groups excluding carboxylic acids is 2. The molecule has 1 aliphatic rings. The molecule has 1 N–H and O–H groups in total. The molecule has 5 nitrogen and oxygen atoms in total. The van der Waals surface area contributed by atoms with Crippen molar-refractivity contribution >= 4 is 34.7 Å². The van der Waals surface area contributed by atoms with E-state index >= 15 is 0 Å². The van der Waals surface area contributed by atoms with Gasteiger partial charge in [-0.3, -0.25) is 14.5 Å². The van der Waals surface area contributed by atoms with Crippen molar-refractivity contribution in [1.29, 1.82) is 0 Å². The van der Waals surface area contributed by atoms with Gasteiger partial charge in [0.1, 0.15) is 11.5 Å². The molecule has 1 saturated heterocycles. The summed E-state index contributed by atoms with van der Waals surface area (Å²) in [5.74, 6) is -0.960. The van der Waals surface area contributed by atoms with Crippen molar-refractivity contribution in [1.82, 2.24) is 0 Å². The summed E-state index contributed by atoms with van der Waals surface area (Å²) < 4.78 is 5.76.